The Morgan fingerprint density at radius 3 is 2.61 bits per heavy atom. The van der Waals surface area contributed by atoms with Crippen molar-refractivity contribution in [1.82, 2.24) is 4.98 Å². The zero-order chi connectivity index (χ0) is 13.1. The molecule has 0 aliphatic carbocycles. The Hall–Kier alpha value is -1.94. The number of nitrogens with zero attached hydrogens (tertiary/aromatic N) is 1. The van der Waals surface area contributed by atoms with E-state index < -0.39 is 0 Å². The standard InChI is InChI=1S/C13H13ClN2O2/c1-8(11-4-3-10(17)6-12(11)18)16-9-2-5-13(14)15-7-9/h2-8,16-18H,1H3. The van der Waals surface area contributed by atoms with Crippen LogP contribution in [0.3, 0.4) is 0 Å². The average molecular weight is 265 g/mol. The number of benzene rings is 1. The number of phenols is 2. The van der Waals surface area contributed by atoms with E-state index in [1.54, 1.807) is 18.3 Å². The molecule has 0 aliphatic heterocycles. The Balaban J connectivity index is 2.16. The molecule has 0 radical (unpaired) electrons. The lowest BCUT2D eigenvalue weighted by Gasteiger charge is -2.16. The molecule has 94 valence electrons. The Bertz CT molecular complexity index is 543. The first-order valence-electron chi connectivity index (χ1n) is 5.46. The zero-order valence-corrected chi connectivity index (χ0v) is 10.5. The van der Waals surface area contributed by atoms with Gasteiger partial charge in [0, 0.05) is 11.6 Å². The van der Waals surface area contributed by atoms with Gasteiger partial charge in [0.2, 0.25) is 0 Å². The summed E-state index contributed by atoms with van der Waals surface area (Å²) in [5, 5.41) is 22.6. The summed E-state index contributed by atoms with van der Waals surface area (Å²) in [6.45, 7) is 1.90. The van der Waals surface area contributed by atoms with Crippen molar-refractivity contribution in [3.8, 4) is 11.5 Å². The molecule has 0 bridgehead atoms. The van der Waals surface area contributed by atoms with Gasteiger partial charge in [-0.05, 0) is 31.2 Å². The molecular formula is C13H13ClN2O2. The van der Waals surface area contributed by atoms with Gasteiger partial charge in [0.05, 0.1) is 17.9 Å². The molecule has 3 N–H and O–H groups in total. The van der Waals surface area contributed by atoms with Gasteiger partial charge in [-0.3, -0.25) is 0 Å². The third kappa shape index (κ3) is 2.84. The summed E-state index contributed by atoms with van der Waals surface area (Å²) >= 11 is 5.70. The van der Waals surface area contributed by atoms with Crippen molar-refractivity contribution in [2.75, 3.05) is 5.32 Å². The van der Waals surface area contributed by atoms with E-state index in [4.69, 9.17) is 11.6 Å². The van der Waals surface area contributed by atoms with E-state index in [0.717, 1.165) is 5.69 Å². The number of halogens is 1. The average Bonchev–Trinajstić information content (AvgIpc) is 2.32. The molecule has 1 aromatic heterocycles. The minimum atomic E-state index is -0.117. The van der Waals surface area contributed by atoms with Crippen molar-refractivity contribution in [1.29, 1.82) is 0 Å². The normalized spacial score (nSPS) is 12.1. The second kappa shape index (κ2) is 5.14. The summed E-state index contributed by atoms with van der Waals surface area (Å²) < 4.78 is 0. The molecule has 1 aromatic carbocycles. The quantitative estimate of drug-likeness (QED) is 0.744. The number of hydrogen-bond acceptors (Lipinski definition) is 4. The number of hydrogen-bond donors (Lipinski definition) is 3. The van der Waals surface area contributed by atoms with Gasteiger partial charge >= 0.3 is 0 Å². The third-order valence-electron chi connectivity index (χ3n) is 2.59. The van der Waals surface area contributed by atoms with Crippen LogP contribution in [0, 0.1) is 0 Å². The van der Waals surface area contributed by atoms with Gasteiger partial charge in [0.1, 0.15) is 16.7 Å². The van der Waals surface area contributed by atoms with E-state index in [-0.39, 0.29) is 17.5 Å². The van der Waals surface area contributed by atoms with Crippen LogP contribution in [0.15, 0.2) is 36.5 Å². The molecule has 0 saturated carbocycles. The van der Waals surface area contributed by atoms with Gasteiger partial charge in [-0.25, -0.2) is 4.98 Å². The monoisotopic (exact) mass is 264 g/mol. The molecule has 0 amide bonds. The minimum Gasteiger partial charge on any atom is -0.508 e. The molecule has 1 atom stereocenters. The van der Waals surface area contributed by atoms with E-state index in [1.165, 1.54) is 12.1 Å². The SMILES string of the molecule is CC(Nc1ccc(Cl)nc1)c1ccc(O)cc1O. The molecule has 1 heterocycles. The number of rotatable bonds is 3. The molecule has 0 aliphatic rings. The lowest BCUT2D eigenvalue weighted by molar-refractivity contribution is 0.444. The lowest BCUT2D eigenvalue weighted by Crippen LogP contribution is -2.06. The molecule has 2 rings (SSSR count). The fourth-order valence-electron chi connectivity index (χ4n) is 1.69. The first-order valence-corrected chi connectivity index (χ1v) is 5.84. The maximum absolute atomic E-state index is 9.75. The van der Waals surface area contributed by atoms with Gasteiger partial charge < -0.3 is 15.5 Å². The highest BCUT2D eigenvalue weighted by molar-refractivity contribution is 6.29. The van der Waals surface area contributed by atoms with E-state index >= 15 is 0 Å². The predicted molar refractivity (Wildman–Crippen MR) is 71.1 cm³/mol. The van der Waals surface area contributed by atoms with Crippen LogP contribution in [0.1, 0.15) is 18.5 Å². The molecule has 5 heteroatoms. The minimum absolute atomic E-state index is 0.0385. The summed E-state index contributed by atoms with van der Waals surface area (Å²) in [4.78, 5) is 3.96. The Kier molecular flexibility index (Phi) is 3.58. The van der Waals surface area contributed by atoms with Crippen molar-refractivity contribution < 1.29 is 10.2 Å². The van der Waals surface area contributed by atoms with Crippen LogP contribution in [0.2, 0.25) is 5.15 Å². The Morgan fingerprint density at radius 2 is 2.00 bits per heavy atom. The smallest absolute Gasteiger partial charge is 0.129 e. The summed E-state index contributed by atoms with van der Waals surface area (Å²) in [7, 11) is 0. The van der Waals surface area contributed by atoms with Crippen LogP contribution in [-0.2, 0) is 0 Å². The lowest BCUT2D eigenvalue weighted by atomic mass is 10.1. The number of aromatic nitrogens is 1. The molecular weight excluding hydrogens is 252 g/mol. The van der Waals surface area contributed by atoms with Crippen LogP contribution in [0.4, 0.5) is 5.69 Å². The number of pyridine rings is 1. The molecule has 0 saturated heterocycles. The van der Waals surface area contributed by atoms with Crippen molar-refractivity contribution >= 4 is 17.3 Å². The summed E-state index contributed by atoms with van der Waals surface area (Å²) in [6.07, 6.45) is 1.62. The van der Waals surface area contributed by atoms with Gasteiger partial charge in [-0.1, -0.05) is 11.6 Å². The van der Waals surface area contributed by atoms with E-state index in [9.17, 15) is 10.2 Å². The maximum atomic E-state index is 9.75. The Morgan fingerprint density at radius 1 is 1.22 bits per heavy atom. The largest absolute Gasteiger partial charge is 0.508 e. The third-order valence-corrected chi connectivity index (χ3v) is 2.81. The summed E-state index contributed by atoms with van der Waals surface area (Å²) in [5.41, 5.74) is 1.50. The van der Waals surface area contributed by atoms with Crippen LogP contribution >= 0.6 is 11.6 Å². The summed E-state index contributed by atoms with van der Waals surface area (Å²) in [6, 6.07) is 7.90. The topological polar surface area (TPSA) is 65.4 Å². The van der Waals surface area contributed by atoms with Crippen molar-refractivity contribution in [2.24, 2.45) is 0 Å². The fourth-order valence-corrected chi connectivity index (χ4v) is 1.80. The van der Waals surface area contributed by atoms with E-state index in [1.807, 2.05) is 13.0 Å². The molecule has 2 aromatic rings. The maximum Gasteiger partial charge on any atom is 0.129 e. The Labute approximate surface area is 110 Å². The molecule has 18 heavy (non-hydrogen) atoms. The van der Waals surface area contributed by atoms with Gasteiger partial charge in [0.25, 0.3) is 0 Å². The highest BCUT2D eigenvalue weighted by Crippen LogP contribution is 2.29. The van der Waals surface area contributed by atoms with Gasteiger partial charge in [-0.15, -0.1) is 0 Å². The van der Waals surface area contributed by atoms with Gasteiger partial charge in [0.15, 0.2) is 0 Å². The van der Waals surface area contributed by atoms with Gasteiger partial charge in [-0.2, -0.15) is 0 Å². The zero-order valence-electron chi connectivity index (χ0n) is 9.76. The van der Waals surface area contributed by atoms with Crippen LogP contribution < -0.4 is 5.32 Å². The van der Waals surface area contributed by atoms with E-state index in [2.05, 4.69) is 10.3 Å². The van der Waals surface area contributed by atoms with Crippen molar-refractivity contribution in [3.05, 3.63) is 47.2 Å². The summed E-state index contributed by atoms with van der Waals surface area (Å²) in [5.74, 6) is 0.0912. The molecule has 0 fully saturated rings. The highest BCUT2D eigenvalue weighted by Gasteiger charge is 2.10. The number of phenolic OH excluding ortho intramolecular Hbond substituents is 2. The van der Waals surface area contributed by atoms with Crippen LogP contribution in [0.25, 0.3) is 0 Å². The molecule has 1 unspecified atom stereocenters. The predicted octanol–water partition coefficient (Wildman–Crippen LogP) is 3.32. The van der Waals surface area contributed by atoms with Crippen molar-refractivity contribution in [3.63, 3.8) is 0 Å². The molecule has 0 spiro atoms. The fraction of sp³-hybridized carbons (Fsp3) is 0.154. The second-order valence-electron chi connectivity index (χ2n) is 3.98. The van der Waals surface area contributed by atoms with Crippen LogP contribution in [-0.4, -0.2) is 15.2 Å². The second-order valence-corrected chi connectivity index (χ2v) is 4.37. The first-order chi connectivity index (χ1) is 8.56. The highest BCUT2D eigenvalue weighted by atomic mass is 35.5. The number of nitrogens with one attached hydrogen (secondary N) is 1. The van der Waals surface area contributed by atoms with Crippen LogP contribution in [0.5, 0.6) is 11.5 Å². The first kappa shape index (κ1) is 12.5. The molecule has 4 nitrogen and oxygen atoms in total. The number of aromatic hydroxyl groups is 2. The van der Waals surface area contributed by atoms with E-state index in [0.29, 0.717) is 10.7 Å². The van der Waals surface area contributed by atoms with Crippen molar-refractivity contribution in [2.45, 2.75) is 13.0 Å². The number of anilines is 1.